The number of furan rings is 1. The topological polar surface area (TPSA) is 50.4 Å². The fraction of sp³-hybridized carbons (Fsp3) is 0.0625. The molecule has 0 aliphatic heterocycles. The van der Waals surface area contributed by atoms with Crippen molar-refractivity contribution in [3.8, 4) is 5.75 Å². The maximum absolute atomic E-state index is 12.6. The van der Waals surface area contributed by atoms with Crippen molar-refractivity contribution in [3.05, 3.63) is 62.2 Å². The summed E-state index contributed by atoms with van der Waals surface area (Å²) < 4.78 is 6.79. The van der Waals surface area contributed by atoms with E-state index in [1.165, 1.54) is 12.3 Å². The Morgan fingerprint density at radius 3 is 2.71 bits per heavy atom. The molecule has 3 nitrogen and oxygen atoms in total. The number of aromatic hydroxyl groups is 1. The van der Waals surface area contributed by atoms with Gasteiger partial charge in [0.15, 0.2) is 11.4 Å². The molecule has 0 fully saturated rings. The molecule has 1 heterocycles. The summed E-state index contributed by atoms with van der Waals surface area (Å²) in [5, 5.41) is 10.5. The zero-order valence-electron chi connectivity index (χ0n) is 11.0. The second-order valence-corrected chi connectivity index (χ2v) is 6.39. The van der Waals surface area contributed by atoms with E-state index in [4.69, 9.17) is 4.42 Å². The molecule has 1 N–H and O–H groups in total. The second-order valence-electron chi connectivity index (χ2n) is 4.74. The summed E-state index contributed by atoms with van der Waals surface area (Å²) in [7, 11) is 0. The van der Waals surface area contributed by atoms with Gasteiger partial charge in [-0.15, -0.1) is 0 Å². The van der Waals surface area contributed by atoms with E-state index < -0.39 is 0 Å². The predicted molar refractivity (Wildman–Crippen MR) is 87.9 cm³/mol. The molecule has 0 amide bonds. The number of carbonyl (C=O) groups is 1. The fourth-order valence-corrected chi connectivity index (χ4v) is 3.05. The summed E-state index contributed by atoms with van der Waals surface area (Å²) in [5.41, 5.74) is 2.36. The summed E-state index contributed by atoms with van der Waals surface area (Å²) in [6.07, 6.45) is 1.38. The first-order valence-electron chi connectivity index (χ1n) is 6.18. The zero-order valence-corrected chi connectivity index (χ0v) is 14.2. The first-order chi connectivity index (χ1) is 9.99. The number of rotatable bonds is 2. The van der Waals surface area contributed by atoms with Crippen molar-refractivity contribution in [2.75, 3.05) is 0 Å². The van der Waals surface area contributed by atoms with Crippen molar-refractivity contribution in [3.63, 3.8) is 0 Å². The lowest BCUT2D eigenvalue weighted by atomic mass is 10.0. The van der Waals surface area contributed by atoms with Gasteiger partial charge in [0.2, 0.25) is 0 Å². The Bertz CT molecular complexity index is 865. The van der Waals surface area contributed by atoms with E-state index in [0.29, 0.717) is 31.0 Å². The van der Waals surface area contributed by atoms with Crippen LogP contribution in [0, 0.1) is 6.92 Å². The van der Waals surface area contributed by atoms with Gasteiger partial charge in [-0.2, -0.15) is 0 Å². The molecule has 3 rings (SSSR count). The highest BCUT2D eigenvalue weighted by molar-refractivity contribution is 9.13. The van der Waals surface area contributed by atoms with Gasteiger partial charge in [-0.05, 0) is 50.9 Å². The lowest BCUT2D eigenvalue weighted by Crippen LogP contribution is -2.00. The molecular weight excluding hydrogens is 400 g/mol. The molecular formula is C16H10Br2O3. The van der Waals surface area contributed by atoms with Crippen molar-refractivity contribution in [1.29, 1.82) is 0 Å². The van der Waals surface area contributed by atoms with Crippen molar-refractivity contribution in [1.82, 2.24) is 0 Å². The number of phenols is 1. The van der Waals surface area contributed by atoms with Crippen LogP contribution >= 0.6 is 31.9 Å². The molecule has 2 aromatic carbocycles. The Kier molecular flexibility index (Phi) is 3.63. The highest BCUT2D eigenvalue weighted by Gasteiger charge is 2.21. The van der Waals surface area contributed by atoms with Crippen molar-refractivity contribution >= 4 is 48.6 Å². The minimum atomic E-state index is -0.179. The number of halogens is 2. The van der Waals surface area contributed by atoms with Crippen LogP contribution in [0.2, 0.25) is 0 Å². The zero-order chi connectivity index (χ0) is 15.1. The van der Waals surface area contributed by atoms with Gasteiger partial charge in [0.25, 0.3) is 0 Å². The molecule has 0 aliphatic rings. The monoisotopic (exact) mass is 408 g/mol. The van der Waals surface area contributed by atoms with Crippen LogP contribution in [-0.2, 0) is 0 Å². The largest absolute Gasteiger partial charge is 0.507 e. The summed E-state index contributed by atoms with van der Waals surface area (Å²) in [5.74, 6) is -0.174. The molecule has 21 heavy (non-hydrogen) atoms. The predicted octanol–water partition coefficient (Wildman–Crippen LogP) is 5.20. The number of benzene rings is 2. The minimum absolute atomic E-state index is 0.00447. The van der Waals surface area contributed by atoms with E-state index in [-0.39, 0.29) is 11.5 Å². The van der Waals surface area contributed by atoms with Crippen LogP contribution < -0.4 is 0 Å². The summed E-state index contributed by atoms with van der Waals surface area (Å²) in [4.78, 5) is 12.6. The van der Waals surface area contributed by atoms with Crippen LogP contribution in [-0.4, -0.2) is 10.9 Å². The quantitative estimate of drug-likeness (QED) is 0.591. The average molecular weight is 410 g/mol. The molecule has 0 unspecified atom stereocenters. The lowest BCUT2D eigenvalue weighted by Gasteiger charge is -2.03. The van der Waals surface area contributed by atoms with E-state index in [1.807, 2.05) is 25.1 Å². The van der Waals surface area contributed by atoms with Gasteiger partial charge >= 0.3 is 0 Å². The van der Waals surface area contributed by atoms with Crippen LogP contribution in [0.1, 0.15) is 21.5 Å². The molecule has 0 atom stereocenters. The van der Waals surface area contributed by atoms with E-state index in [1.54, 1.807) is 6.07 Å². The highest BCUT2D eigenvalue weighted by Crippen LogP contribution is 2.40. The normalized spacial score (nSPS) is 11.0. The molecule has 0 aliphatic carbocycles. The Labute approximate surface area is 137 Å². The average Bonchev–Trinajstić information content (AvgIpc) is 2.89. The molecule has 0 saturated heterocycles. The molecule has 0 saturated carbocycles. The molecule has 0 bridgehead atoms. The van der Waals surface area contributed by atoms with E-state index >= 15 is 0 Å². The van der Waals surface area contributed by atoms with Crippen LogP contribution in [0.4, 0.5) is 0 Å². The van der Waals surface area contributed by atoms with Gasteiger partial charge in [0.1, 0.15) is 12.0 Å². The molecule has 106 valence electrons. The third kappa shape index (κ3) is 2.40. The van der Waals surface area contributed by atoms with Crippen molar-refractivity contribution in [2.24, 2.45) is 0 Å². The maximum atomic E-state index is 12.6. The van der Waals surface area contributed by atoms with E-state index in [0.717, 1.165) is 5.56 Å². The Morgan fingerprint density at radius 2 is 2.00 bits per heavy atom. The summed E-state index contributed by atoms with van der Waals surface area (Å²) in [6.45, 7) is 1.93. The van der Waals surface area contributed by atoms with Crippen LogP contribution in [0.3, 0.4) is 0 Å². The van der Waals surface area contributed by atoms with Gasteiger partial charge in [-0.3, -0.25) is 4.79 Å². The number of fused-ring (bicyclic) bond motifs is 1. The Hall–Kier alpha value is -1.59. The van der Waals surface area contributed by atoms with Gasteiger partial charge in [0, 0.05) is 10.0 Å². The number of hydrogen-bond acceptors (Lipinski definition) is 3. The first kappa shape index (κ1) is 14.4. The smallest absolute Gasteiger partial charge is 0.197 e. The third-order valence-corrected chi connectivity index (χ3v) is 5.19. The Balaban J connectivity index is 2.22. The number of carbonyl (C=O) groups excluding carboxylic acids is 1. The summed E-state index contributed by atoms with van der Waals surface area (Å²) in [6, 6.07) is 8.85. The molecule has 0 spiro atoms. The second kappa shape index (κ2) is 5.31. The number of hydrogen-bond donors (Lipinski definition) is 1. The van der Waals surface area contributed by atoms with Gasteiger partial charge in [-0.1, -0.05) is 23.8 Å². The lowest BCUT2D eigenvalue weighted by molar-refractivity contribution is 0.103. The van der Waals surface area contributed by atoms with E-state index in [9.17, 15) is 9.90 Å². The number of ketones is 1. The first-order valence-corrected chi connectivity index (χ1v) is 7.77. The molecule has 0 radical (unpaired) electrons. The van der Waals surface area contributed by atoms with E-state index in [2.05, 4.69) is 31.9 Å². The number of phenolic OH excluding ortho intramolecular Hbond substituents is 1. The third-order valence-electron chi connectivity index (χ3n) is 3.24. The molecule has 5 heteroatoms. The standard InChI is InChI=1S/C16H10Br2O3/c1-8-3-2-4-9(5-8)15(20)10-7-21-16-13(10)12(19)6-11(17)14(16)18/h2-7,19H,1H3. The van der Waals surface area contributed by atoms with Crippen LogP contribution in [0.15, 0.2) is 50.0 Å². The van der Waals surface area contributed by atoms with Gasteiger partial charge < -0.3 is 9.52 Å². The molecule has 3 aromatic rings. The highest BCUT2D eigenvalue weighted by atomic mass is 79.9. The van der Waals surface area contributed by atoms with Gasteiger partial charge in [0.05, 0.1) is 15.4 Å². The summed E-state index contributed by atoms with van der Waals surface area (Å²) >= 11 is 6.70. The Morgan fingerprint density at radius 1 is 1.24 bits per heavy atom. The molecule has 1 aromatic heterocycles. The van der Waals surface area contributed by atoms with Crippen LogP contribution in [0.25, 0.3) is 11.0 Å². The van der Waals surface area contributed by atoms with Gasteiger partial charge in [-0.25, -0.2) is 0 Å². The number of aryl methyl sites for hydroxylation is 1. The maximum Gasteiger partial charge on any atom is 0.197 e. The minimum Gasteiger partial charge on any atom is -0.507 e. The van der Waals surface area contributed by atoms with Crippen molar-refractivity contribution in [2.45, 2.75) is 6.92 Å². The SMILES string of the molecule is Cc1cccc(C(=O)c2coc3c(Br)c(Br)cc(O)c23)c1. The fourth-order valence-electron chi connectivity index (χ4n) is 2.25. The van der Waals surface area contributed by atoms with Crippen molar-refractivity contribution < 1.29 is 14.3 Å². The van der Waals surface area contributed by atoms with Crippen LogP contribution in [0.5, 0.6) is 5.75 Å².